The molecule has 1 saturated heterocycles. The number of imide groups is 1. The van der Waals surface area contributed by atoms with Crippen LogP contribution >= 0.6 is 0 Å². The number of oxazole rings is 1. The number of carbonyl (C=O) groups is 2. The van der Waals surface area contributed by atoms with E-state index in [-0.39, 0.29) is 19.6 Å². The minimum atomic E-state index is -0.874. The molecule has 0 spiro atoms. The van der Waals surface area contributed by atoms with Gasteiger partial charge in [-0.15, -0.1) is 0 Å². The lowest BCUT2D eigenvalue weighted by atomic mass is 10.0. The van der Waals surface area contributed by atoms with Crippen LogP contribution in [-0.4, -0.2) is 81.2 Å². The predicted molar refractivity (Wildman–Crippen MR) is 157 cm³/mol. The number of carbonyl (C=O) groups excluding carboxylic acids is 2. The molecule has 1 aromatic heterocycles. The molecule has 1 aliphatic rings. The Morgan fingerprint density at radius 1 is 1.00 bits per heavy atom. The highest BCUT2D eigenvalue weighted by Crippen LogP contribution is 2.23. The summed E-state index contributed by atoms with van der Waals surface area (Å²) in [5.41, 5.74) is 3.44. The van der Waals surface area contributed by atoms with Crippen molar-refractivity contribution in [3.8, 4) is 5.75 Å². The average Bonchev–Trinajstić information content (AvgIpc) is 3.61. The van der Waals surface area contributed by atoms with Crippen molar-refractivity contribution in [2.45, 2.75) is 25.0 Å². The van der Waals surface area contributed by atoms with Crippen LogP contribution in [0, 0.1) is 0 Å². The highest BCUT2D eigenvalue weighted by molar-refractivity contribution is 5.96. The van der Waals surface area contributed by atoms with Gasteiger partial charge in [0.1, 0.15) is 30.6 Å². The zero-order valence-corrected chi connectivity index (χ0v) is 23.8. The van der Waals surface area contributed by atoms with Gasteiger partial charge in [-0.25, -0.2) is 9.69 Å². The fraction of sp³-hybridized carbons (Fsp3) is 0.344. The Hall–Kier alpha value is -4.41. The molecule has 220 valence electrons. The van der Waals surface area contributed by atoms with E-state index in [1.807, 2.05) is 90.8 Å². The average molecular weight is 574 g/mol. The molecule has 3 aromatic carbocycles. The first-order valence-electron chi connectivity index (χ1n) is 13.9. The van der Waals surface area contributed by atoms with Crippen LogP contribution in [0.25, 0.3) is 11.1 Å². The maximum Gasteiger partial charge on any atom is 0.417 e. The number of rotatable bonds is 14. The van der Waals surface area contributed by atoms with Crippen LogP contribution in [0.5, 0.6) is 5.75 Å². The number of amides is 2. The lowest BCUT2D eigenvalue weighted by molar-refractivity contribution is -0.142. The number of fused-ring (bicyclic) bond motifs is 1. The number of benzene rings is 3. The summed E-state index contributed by atoms with van der Waals surface area (Å²) in [6.07, 6.45) is -0.726. The molecule has 1 fully saturated rings. The van der Waals surface area contributed by atoms with Gasteiger partial charge in [0.05, 0.1) is 25.8 Å². The third-order valence-corrected chi connectivity index (χ3v) is 7.04. The highest BCUT2D eigenvalue weighted by Gasteiger charge is 2.41. The van der Waals surface area contributed by atoms with E-state index in [4.69, 9.17) is 23.4 Å². The Labute approximate surface area is 244 Å². The van der Waals surface area contributed by atoms with Crippen molar-refractivity contribution in [1.29, 1.82) is 0 Å². The van der Waals surface area contributed by atoms with Gasteiger partial charge in [0.15, 0.2) is 5.58 Å². The summed E-state index contributed by atoms with van der Waals surface area (Å²) in [6.45, 7) is 1.70. The summed E-state index contributed by atoms with van der Waals surface area (Å²) in [7, 11) is 3.47. The van der Waals surface area contributed by atoms with Crippen LogP contribution in [0.4, 0.5) is 10.8 Å². The van der Waals surface area contributed by atoms with Gasteiger partial charge in [-0.05, 0) is 41.8 Å². The van der Waals surface area contributed by atoms with Crippen LogP contribution in [0.2, 0.25) is 0 Å². The van der Waals surface area contributed by atoms with Crippen molar-refractivity contribution in [3.63, 3.8) is 0 Å². The zero-order chi connectivity index (χ0) is 29.3. The molecule has 2 atom stereocenters. The second kappa shape index (κ2) is 14.0. The Morgan fingerprint density at radius 2 is 1.76 bits per heavy atom. The second-order valence-corrected chi connectivity index (χ2v) is 10.1. The molecule has 0 saturated carbocycles. The molecule has 10 nitrogen and oxygen atoms in total. The van der Waals surface area contributed by atoms with Crippen LogP contribution in [0.1, 0.15) is 11.1 Å². The smallest absolute Gasteiger partial charge is 0.417 e. The largest absolute Gasteiger partial charge is 0.492 e. The minimum Gasteiger partial charge on any atom is -0.492 e. The normalized spacial score (nSPS) is 15.5. The number of hydrogen-bond donors (Lipinski definition) is 0. The van der Waals surface area contributed by atoms with E-state index in [0.717, 1.165) is 22.2 Å². The lowest BCUT2D eigenvalue weighted by Gasteiger charge is -2.25. The highest BCUT2D eigenvalue weighted by atomic mass is 16.6. The molecular weight excluding hydrogens is 538 g/mol. The molecule has 0 radical (unpaired) electrons. The monoisotopic (exact) mass is 573 g/mol. The maximum absolute atomic E-state index is 13.6. The molecule has 10 heteroatoms. The summed E-state index contributed by atoms with van der Waals surface area (Å²) in [5, 5.41) is 0. The summed E-state index contributed by atoms with van der Waals surface area (Å²) in [5.74, 6) is 0.274. The van der Waals surface area contributed by atoms with E-state index in [9.17, 15) is 9.59 Å². The van der Waals surface area contributed by atoms with E-state index in [0.29, 0.717) is 37.9 Å². The topological polar surface area (TPSA) is 104 Å². The number of anilines is 1. The zero-order valence-electron chi connectivity index (χ0n) is 23.8. The molecule has 2 amide bonds. The van der Waals surface area contributed by atoms with Crippen molar-refractivity contribution in [2.75, 3.05) is 52.0 Å². The number of cyclic esters (lactones) is 1. The van der Waals surface area contributed by atoms with Gasteiger partial charge in [-0.3, -0.25) is 4.79 Å². The molecule has 4 aromatic rings. The molecule has 0 bridgehead atoms. The van der Waals surface area contributed by atoms with Gasteiger partial charge in [0, 0.05) is 20.6 Å². The summed E-state index contributed by atoms with van der Waals surface area (Å²) < 4.78 is 28.0. The minimum absolute atomic E-state index is 0.151. The van der Waals surface area contributed by atoms with Gasteiger partial charge in [-0.1, -0.05) is 54.6 Å². The number of nitrogens with zero attached hydrogens (tertiary/aromatic N) is 3. The van der Waals surface area contributed by atoms with E-state index in [2.05, 4.69) is 4.98 Å². The van der Waals surface area contributed by atoms with Crippen molar-refractivity contribution in [2.24, 2.45) is 0 Å². The maximum atomic E-state index is 13.6. The van der Waals surface area contributed by atoms with E-state index < -0.39 is 24.1 Å². The number of ether oxygens (including phenoxy) is 4. The first-order chi connectivity index (χ1) is 20.5. The van der Waals surface area contributed by atoms with Crippen molar-refractivity contribution in [3.05, 3.63) is 90.0 Å². The van der Waals surface area contributed by atoms with Crippen molar-refractivity contribution >= 4 is 29.1 Å². The Bertz CT molecular complexity index is 1430. The van der Waals surface area contributed by atoms with Crippen LogP contribution in [0.3, 0.4) is 0 Å². The van der Waals surface area contributed by atoms with Gasteiger partial charge in [0.2, 0.25) is 0 Å². The SMILES string of the molecule is COCCOC(Cc1ccc(OCCN(C)c2nc3ccccc3o2)cc1)C(=O)N1C(=O)OC[C@@H]1Cc1ccccc1. The number of para-hydroxylation sites is 2. The van der Waals surface area contributed by atoms with Gasteiger partial charge in [0.25, 0.3) is 11.9 Å². The van der Waals surface area contributed by atoms with Crippen LogP contribution in [0.15, 0.2) is 83.3 Å². The molecular formula is C32H35N3O7. The Morgan fingerprint density at radius 3 is 2.52 bits per heavy atom. The summed E-state index contributed by atoms with van der Waals surface area (Å²) in [6, 6.07) is 25.0. The summed E-state index contributed by atoms with van der Waals surface area (Å²) >= 11 is 0. The molecule has 2 heterocycles. The molecule has 0 aliphatic carbocycles. The van der Waals surface area contributed by atoms with Gasteiger partial charge < -0.3 is 28.3 Å². The number of methoxy groups -OCH3 is 1. The number of aromatic nitrogens is 1. The van der Waals surface area contributed by atoms with Crippen molar-refractivity contribution in [1.82, 2.24) is 9.88 Å². The lowest BCUT2D eigenvalue weighted by Crippen LogP contribution is -2.47. The predicted octanol–water partition coefficient (Wildman–Crippen LogP) is 4.51. The van der Waals surface area contributed by atoms with Crippen LogP contribution in [-0.2, 0) is 31.8 Å². The van der Waals surface area contributed by atoms with E-state index in [1.165, 1.54) is 4.90 Å². The fourth-order valence-electron chi connectivity index (χ4n) is 4.77. The first-order valence-corrected chi connectivity index (χ1v) is 13.9. The van der Waals surface area contributed by atoms with E-state index >= 15 is 0 Å². The third kappa shape index (κ3) is 7.26. The molecule has 0 N–H and O–H groups in total. The quantitative estimate of drug-likeness (QED) is 0.202. The second-order valence-electron chi connectivity index (χ2n) is 10.1. The number of hydrogen-bond acceptors (Lipinski definition) is 9. The van der Waals surface area contributed by atoms with E-state index in [1.54, 1.807) is 7.11 Å². The number of likely N-dealkylation sites (N-methyl/N-ethyl adjacent to an activating group) is 1. The third-order valence-electron chi connectivity index (χ3n) is 7.04. The molecule has 1 aliphatic heterocycles. The standard InChI is InChI=1S/C32H35N3O7/c1-34(31-33-27-10-6-7-11-28(27)42-31)16-17-39-26-14-12-24(13-15-26)21-29(40-19-18-38-2)30(36)35-25(22-41-32(35)37)20-23-8-4-3-5-9-23/h3-15,25,29H,16-22H2,1-2H3/t25-,29?/m0/s1. The van der Waals surface area contributed by atoms with Gasteiger partial charge in [-0.2, -0.15) is 4.98 Å². The summed E-state index contributed by atoms with van der Waals surface area (Å²) in [4.78, 5) is 33.8. The van der Waals surface area contributed by atoms with Gasteiger partial charge >= 0.3 is 6.09 Å². The first kappa shape index (κ1) is 29.1. The Kier molecular flexibility index (Phi) is 9.68. The van der Waals surface area contributed by atoms with Crippen molar-refractivity contribution < 1.29 is 33.0 Å². The Balaban J connectivity index is 1.18. The van der Waals surface area contributed by atoms with Crippen LogP contribution < -0.4 is 9.64 Å². The molecule has 1 unspecified atom stereocenters. The molecule has 5 rings (SSSR count). The molecule has 42 heavy (non-hydrogen) atoms. The fourth-order valence-corrected chi connectivity index (χ4v) is 4.77.